The molecule has 2 rings (SSSR count). The van der Waals surface area contributed by atoms with Gasteiger partial charge in [-0.25, -0.2) is 14.4 Å². The lowest BCUT2D eigenvalue weighted by Gasteiger charge is -2.05. The van der Waals surface area contributed by atoms with Crippen LogP contribution in [-0.4, -0.2) is 39.9 Å². The van der Waals surface area contributed by atoms with E-state index >= 15 is 0 Å². The summed E-state index contributed by atoms with van der Waals surface area (Å²) >= 11 is 0. The fourth-order valence-corrected chi connectivity index (χ4v) is 2.44. The van der Waals surface area contributed by atoms with Crippen molar-refractivity contribution in [2.45, 2.75) is 0 Å². The van der Waals surface area contributed by atoms with Crippen molar-refractivity contribution in [3.63, 3.8) is 0 Å². The maximum atomic E-state index is 12.3. The molecule has 2 heterocycles. The third-order valence-electron chi connectivity index (χ3n) is 3.55. The van der Waals surface area contributed by atoms with Crippen LogP contribution in [0.25, 0.3) is 11.0 Å². The van der Waals surface area contributed by atoms with E-state index in [9.17, 15) is 19.2 Å². The minimum absolute atomic E-state index is 0.0304. The molecular weight excluding hydrogens is 294 g/mol. The Morgan fingerprint density at radius 1 is 0.818 bits per heavy atom. The zero-order valence-corrected chi connectivity index (χ0v) is 12.8. The number of nitrogens with zero attached hydrogens (tertiary/aromatic N) is 3. The van der Waals surface area contributed by atoms with Crippen molar-refractivity contribution in [1.82, 2.24) is 13.7 Å². The summed E-state index contributed by atoms with van der Waals surface area (Å²) in [4.78, 5) is 48.5. The summed E-state index contributed by atoms with van der Waals surface area (Å²) in [6.45, 7) is 0. The van der Waals surface area contributed by atoms with Crippen LogP contribution >= 0.6 is 0 Å². The number of methoxy groups -OCH3 is 2. The van der Waals surface area contributed by atoms with Gasteiger partial charge < -0.3 is 14.0 Å². The molecular formula is C13H15N3O6. The highest BCUT2D eigenvalue weighted by molar-refractivity contribution is 6.11. The van der Waals surface area contributed by atoms with E-state index in [0.717, 1.165) is 23.4 Å². The zero-order valence-electron chi connectivity index (χ0n) is 12.8. The van der Waals surface area contributed by atoms with Crippen LogP contribution in [-0.2, 0) is 30.6 Å². The minimum Gasteiger partial charge on any atom is -0.465 e. The summed E-state index contributed by atoms with van der Waals surface area (Å²) in [6.07, 6.45) is 0. The number of hydrogen-bond donors (Lipinski definition) is 0. The Morgan fingerprint density at radius 2 is 1.36 bits per heavy atom. The molecule has 0 aliphatic carbocycles. The average Bonchev–Trinajstić information content (AvgIpc) is 2.82. The van der Waals surface area contributed by atoms with Crippen molar-refractivity contribution in [2.75, 3.05) is 14.2 Å². The first-order valence-electron chi connectivity index (χ1n) is 6.22. The summed E-state index contributed by atoms with van der Waals surface area (Å²) in [5.74, 6) is -1.65. The second-order valence-electron chi connectivity index (χ2n) is 4.67. The molecule has 0 saturated carbocycles. The van der Waals surface area contributed by atoms with Crippen LogP contribution in [0.2, 0.25) is 0 Å². The minimum atomic E-state index is -0.839. The predicted octanol–water partition coefficient (Wildman–Crippen LogP) is -0.851. The van der Waals surface area contributed by atoms with Gasteiger partial charge in [-0.2, -0.15) is 0 Å². The molecule has 0 aliphatic heterocycles. The van der Waals surface area contributed by atoms with E-state index in [4.69, 9.17) is 0 Å². The fraction of sp³-hybridized carbons (Fsp3) is 0.385. The molecule has 9 heteroatoms. The molecule has 0 saturated heterocycles. The number of aromatic nitrogens is 3. The molecule has 0 N–H and O–H groups in total. The number of rotatable bonds is 2. The molecule has 118 valence electrons. The number of carbonyl (C=O) groups is 2. The van der Waals surface area contributed by atoms with Gasteiger partial charge in [0, 0.05) is 21.1 Å². The summed E-state index contributed by atoms with van der Waals surface area (Å²) in [7, 11) is 6.44. The lowest BCUT2D eigenvalue weighted by Crippen LogP contribution is -2.37. The molecule has 0 spiro atoms. The molecule has 9 nitrogen and oxygen atoms in total. The van der Waals surface area contributed by atoms with Gasteiger partial charge in [-0.15, -0.1) is 0 Å². The number of fused-ring (bicyclic) bond motifs is 1. The molecule has 2 aromatic heterocycles. The van der Waals surface area contributed by atoms with E-state index in [1.807, 2.05) is 0 Å². The Labute approximate surface area is 124 Å². The Balaban J connectivity index is 3.20. The van der Waals surface area contributed by atoms with Gasteiger partial charge in [0.15, 0.2) is 0 Å². The molecule has 0 unspecified atom stereocenters. The third-order valence-corrected chi connectivity index (χ3v) is 3.55. The second-order valence-corrected chi connectivity index (χ2v) is 4.67. The smallest absolute Gasteiger partial charge is 0.355 e. The monoisotopic (exact) mass is 309 g/mol. The number of ether oxygens (including phenoxy) is 2. The standard InChI is InChI=1S/C13H15N3O6/c1-14-8(12(19)22-5)6(11(18)21-4)7-9(14)10(17)16(3)13(20)15(7)2/h1-5H3. The summed E-state index contributed by atoms with van der Waals surface area (Å²) in [5.41, 5.74) is -1.51. The van der Waals surface area contributed by atoms with Crippen LogP contribution in [0, 0.1) is 0 Å². The Bertz CT molecular complexity index is 915. The van der Waals surface area contributed by atoms with Gasteiger partial charge in [0.25, 0.3) is 5.56 Å². The highest BCUT2D eigenvalue weighted by Gasteiger charge is 2.31. The first-order chi connectivity index (χ1) is 10.3. The van der Waals surface area contributed by atoms with Crippen molar-refractivity contribution >= 4 is 23.0 Å². The molecule has 2 aromatic rings. The molecule has 22 heavy (non-hydrogen) atoms. The Kier molecular flexibility index (Phi) is 3.65. The first kappa shape index (κ1) is 15.5. The third kappa shape index (κ3) is 1.85. The molecule has 0 aliphatic rings. The Morgan fingerprint density at radius 3 is 1.86 bits per heavy atom. The van der Waals surface area contributed by atoms with Crippen LogP contribution in [0.15, 0.2) is 9.59 Å². The van der Waals surface area contributed by atoms with Gasteiger partial charge in [0.2, 0.25) is 0 Å². The summed E-state index contributed by atoms with van der Waals surface area (Å²) < 4.78 is 12.6. The van der Waals surface area contributed by atoms with Crippen molar-refractivity contribution in [3.05, 3.63) is 32.1 Å². The Hall–Kier alpha value is -2.84. The highest BCUT2D eigenvalue weighted by atomic mass is 16.5. The van der Waals surface area contributed by atoms with E-state index < -0.39 is 23.2 Å². The molecule has 0 fully saturated rings. The molecule has 0 atom stereocenters. The van der Waals surface area contributed by atoms with Gasteiger partial charge in [0.05, 0.1) is 19.7 Å². The van der Waals surface area contributed by atoms with Crippen LogP contribution in [0.5, 0.6) is 0 Å². The van der Waals surface area contributed by atoms with Gasteiger partial charge in [-0.1, -0.05) is 0 Å². The number of aryl methyl sites for hydroxylation is 2. The summed E-state index contributed by atoms with van der Waals surface area (Å²) in [6, 6.07) is 0. The highest BCUT2D eigenvalue weighted by Crippen LogP contribution is 2.23. The van der Waals surface area contributed by atoms with Gasteiger partial charge >= 0.3 is 17.6 Å². The quantitative estimate of drug-likeness (QED) is 0.670. The fourth-order valence-electron chi connectivity index (χ4n) is 2.44. The number of esters is 2. The number of hydrogen-bond acceptors (Lipinski definition) is 6. The van der Waals surface area contributed by atoms with Crippen molar-refractivity contribution in [2.24, 2.45) is 21.1 Å². The lowest BCUT2D eigenvalue weighted by molar-refractivity contribution is 0.0549. The maximum absolute atomic E-state index is 12.3. The lowest BCUT2D eigenvalue weighted by atomic mass is 10.2. The van der Waals surface area contributed by atoms with Gasteiger partial charge in [-0.3, -0.25) is 13.9 Å². The van der Waals surface area contributed by atoms with Crippen LogP contribution in [0.3, 0.4) is 0 Å². The van der Waals surface area contributed by atoms with Crippen molar-refractivity contribution in [3.8, 4) is 0 Å². The second kappa shape index (κ2) is 5.17. The number of carbonyl (C=O) groups excluding carboxylic acids is 2. The van der Waals surface area contributed by atoms with E-state index in [1.54, 1.807) is 0 Å². The summed E-state index contributed by atoms with van der Waals surface area (Å²) in [5, 5.41) is 0. The van der Waals surface area contributed by atoms with Gasteiger partial charge in [0.1, 0.15) is 16.8 Å². The van der Waals surface area contributed by atoms with Gasteiger partial charge in [-0.05, 0) is 0 Å². The molecule has 0 aromatic carbocycles. The zero-order chi connectivity index (χ0) is 16.8. The molecule has 0 bridgehead atoms. The van der Waals surface area contributed by atoms with Crippen LogP contribution < -0.4 is 11.2 Å². The van der Waals surface area contributed by atoms with Crippen LogP contribution in [0.4, 0.5) is 0 Å². The van der Waals surface area contributed by atoms with Crippen LogP contribution in [0.1, 0.15) is 20.8 Å². The van der Waals surface area contributed by atoms with E-state index in [-0.39, 0.29) is 22.3 Å². The van der Waals surface area contributed by atoms with Crippen molar-refractivity contribution < 1.29 is 19.1 Å². The van der Waals surface area contributed by atoms with E-state index in [2.05, 4.69) is 9.47 Å². The SMILES string of the molecule is COC(=O)c1c(C(=O)OC)n(C)c2c(=O)n(C)c(=O)n(C)c12. The van der Waals surface area contributed by atoms with E-state index in [1.165, 1.54) is 25.7 Å². The maximum Gasteiger partial charge on any atom is 0.355 e. The van der Waals surface area contributed by atoms with E-state index in [0.29, 0.717) is 0 Å². The largest absolute Gasteiger partial charge is 0.465 e. The average molecular weight is 309 g/mol. The molecule has 0 amide bonds. The topological polar surface area (TPSA) is 102 Å². The predicted molar refractivity (Wildman–Crippen MR) is 76.1 cm³/mol. The normalized spacial score (nSPS) is 10.8. The van der Waals surface area contributed by atoms with Crippen molar-refractivity contribution in [1.29, 1.82) is 0 Å². The molecule has 0 radical (unpaired) electrons. The first-order valence-corrected chi connectivity index (χ1v) is 6.22.